The molecular formula is C17H42O. The molecule has 18 heavy (non-hydrogen) atoms. The maximum atomic E-state index is 9.03. The van der Waals surface area contributed by atoms with Gasteiger partial charge in [0, 0.05) is 0 Å². The van der Waals surface area contributed by atoms with E-state index in [1.54, 1.807) is 0 Å². The Morgan fingerprint density at radius 1 is 0.722 bits per heavy atom. The standard InChI is InChI=1S/C8H18.C7H16O.2CH4/c1-5-8(4)6-7(2)3;1-4-7(8)5-6(2)3;;/h7-8H,5-6H2,1-4H3;6-8H,4-5H2,1-3H3;2*1H4/t8-;7-;;/m00../s1. The summed E-state index contributed by atoms with van der Waals surface area (Å²) in [5.74, 6) is 2.44. The third-order valence-electron chi connectivity index (χ3n) is 2.79. The lowest BCUT2D eigenvalue weighted by atomic mass is 9.97. The Balaban J connectivity index is -0.0000000980. The van der Waals surface area contributed by atoms with Gasteiger partial charge in [-0.1, -0.05) is 69.7 Å². The average Bonchev–Trinajstić information content (AvgIpc) is 2.16. The van der Waals surface area contributed by atoms with Crippen LogP contribution in [0.5, 0.6) is 0 Å². The van der Waals surface area contributed by atoms with Crippen molar-refractivity contribution in [2.75, 3.05) is 0 Å². The maximum absolute atomic E-state index is 9.03. The molecule has 0 spiro atoms. The fraction of sp³-hybridized carbons (Fsp3) is 1.00. The van der Waals surface area contributed by atoms with Crippen LogP contribution in [0, 0.1) is 17.8 Å². The number of aliphatic hydroxyl groups excluding tert-OH is 1. The van der Waals surface area contributed by atoms with Gasteiger partial charge in [-0.2, -0.15) is 0 Å². The van der Waals surface area contributed by atoms with E-state index in [1.165, 1.54) is 12.8 Å². The molecule has 0 amide bonds. The highest BCUT2D eigenvalue weighted by Gasteiger charge is 2.02. The van der Waals surface area contributed by atoms with Gasteiger partial charge in [0.1, 0.15) is 0 Å². The Bertz CT molecular complexity index is 114. The van der Waals surface area contributed by atoms with Crippen LogP contribution in [0.25, 0.3) is 0 Å². The maximum Gasteiger partial charge on any atom is 0.0540 e. The van der Waals surface area contributed by atoms with Crippen LogP contribution in [0.4, 0.5) is 0 Å². The molecule has 0 saturated heterocycles. The minimum atomic E-state index is -0.0741. The lowest BCUT2D eigenvalue weighted by molar-refractivity contribution is 0.145. The van der Waals surface area contributed by atoms with Gasteiger partial charge in [-0.25, -0.2) is 0 Å². The van der Waals surface area contributed by atoms with Gasteiger partial charge in [0.15, 0.2) is 0 Å². The SMILES string of the molecule is C.C.CC[C@H](C)CC(C)C.CC[C@H](O)CC(C)C. The van der Waals surface area contributed by atoms with Crippen molar-refractivity contribution in [2.45, 2.75) is 95.1 Å². The Morgan fingerprint density at radius 2 is 1.11 bits per heavy atom. The summed E-state index contributed by atoms with van der Waals surface area (Å²) in [6.45, 7) is 15.4. The summed E-state index contributed by atoms with van der Waals surface area (Å²) in [6.07, 6.45) is 4.47. The lowest BCUT2D eigenvalue weighted by Crippen LogP contribution is -2.07. The Hall–Kier alpha value is -0.0400. The van der Waals surface area contributed by atoms with Crippen molar-refractivity contribution in [3.63, 3.8) is 0 Å². The number of aliphatic hydroxyl groups is 1. The van der Waals surface area contributed by atoms with Crippen LogP contribution in [-0.2, 0) is 0 Å². The summed E-state index contributed by atoms with van der Waals surface area (Å²) < 4.78 is 0. The van der Waals surface area contributed by atoms with Gasteiger partial charge in [-0.3, -0.25) is 0 Å². The van der Waals surface area contributed by atoms with Crippen LogP contribution in [0.2, 0.25) is 0 Å². The molecule has 1 N–H and O–H groups in total. The van der Waals surface area contributed by atoms with Crippen LogP contribution < -0.4 is 0 Å². The van der Waals surface area contributed by atoms with E-state index in [1.807, 2.05) is 6.92 Å². The van der Waals surface area contributed by atoms with Crippen molar-refractivity contribution in [3.8, 4) is 0 Å². The monoisotopic (exact) mass is 262 g/mol. The van der Waals surface area contributed by atoms with Crippen LogP contribution in [-0.4, -0.2) is 11.2 Å². The molecule has 0 unspecified atom stereocenters. The fourth-order valence-electron chi connectivity index (χ4n) is 1.68. The van der Waals surface area contributed by atoms with Gasteiger partial charge in [0.05, 0.1) is 6.10 Å². The summed E-state index contributed by atoms with van der Waals surface area (Å²) in [6, 6.07) is 0. The predicted octanol–water partition coefficient (Wildman–Crippen LogP) is 6.15. The molecule has 1 heteroatoms. The van der Waals surface area contributed by atoms with Gasteiger partial charge in [0.25, 0.3) is 0 Å². The van der Waals surface area contributed by atoms with E-state index in [0.717, 1.165) is 24.7 Å². The van der Waals surface area contributed by atoms with Crippen molar-refractivity contribution in [1.29, 1.82) is 0 Å². The second-order valence-electron chi connectivity index (χ2n) is 5.83. The van der Waals surface area contributed by atoms with Gasteiger partial charge < -0.3 is 5.11 Å². The Kier molecular flexibility index (Phi) is 25.0. The molecule has 0 heterocycles. The smallest absolute Gasteiger partial charge is 0.0540 e. The molecule has 0 bridgehead atoms. The zero-order valence-corrected chi connectivity index (χ0v) is 12.6. The summed E-state index contributed by atoms with van der Waals surface area (Å²) in [7, 11) is 0. The first-order valence-electron chi connectivity index (χ1n) is 7.01. The molecule has 0 aliphatic carbocycles. The van der Waals surface area contributed by atoms with Crippen molar-refractivity contribution in [1.82, 2.24) is 0 Å². The van der Waals surface area contributed by atoms with E-state index < -0.39 is 0 Å². The van der Waals surface area contributed by atoms with Gasteiger partial charge in [0.2, 0.25) is 0 Å². The molecule has 0 aromatic rings. The van der Waals surface area contributed by atoms with Crippen molar-refractivity contribution < 1.29 is 5.11 Å². The van der Waals surface area contributed by atoms with Crippen LogP contribution in [0.1, 0.15) is 89.0 Å². The third kappa shape index (κ3) is 25.0. The van der Waals surface area contributed by atoms with E-state index in [2.05, 4.69) is 41.5 Å². The number of rotatable bonds is 6. The van der Waals surface area contributed by atoms with E-state index >= 15 is 0 Å². The first-order chi connectivity index (χ1) is 7.33. The summed E-state index contributed by atoms with van der Waals surface area (Å²) in [4.78, 5) is 0. The first-order valence-corrected chi connectivity index (χ1v) is 7.01. The normalized spacial score (nSPS) is 13.0. The van der Waals surface area contributed by atoms with E-state index in [9.17, 15) is 0 Å². The van der Waals surface area contributed by atoms with Crippen LogP contribution >= 0.6 is 0 Å². The molecule has 0 aliphatic heterocycles. The molecule has 116 valence electrons. The summed E-state index contributed by atoms with van der Waals surface area (Å²) in [5.41, 5.74) is 0. The minimum Gasteiger partial charge on any atom is -0.393 e. The van der Waals surface area contributed by atoms with Crippen molar-refractivity contribution in [2.24, 2.45) is 17.8 Å². The zero-order chi connectivity index (χ0) is 13.1. The largest absolute Gasteiger partial charge is 0.393 e. The van der Waals surface area contributed by atoms with Crippen LogP contribution in [0.15, 0.2) is 0 Å². The molecule has 0 aromatic heterocycles. The average molecular weight is 263 g/mol. The van der Waals surface area contributed by atoms with Crippen molar-refractivity contribution in [3.05, 3.63) is 0 Å². The lowest BCUT2D eigenvalue weighted by Gasteiger charge is -2.09. The van der Waals surface area contributed by atoms with Gasteiger partial charge >= 0.3 is 0 Å². The molecule has 0 radical (unpaired) electrons. The molecule has 0 saturated carbocycles. The predicted molar refractivity (Wildman–Crippen MR) is 88.1 cm³/mol. The quantitative estimate of drug-likeness (QED) is 0.608. The summed E-state index contributed by atoms with van der Waals surface area (Å²) >= 11 is 0. The fourth-order valence-corrected chi connectivity index (χ4v) is 1.68. The highest BCUT2D eigenvalue weighted by molar-refractivity contribution is 4.54. The third-order valence-corrected chi connectivity index (χ3v) is 2.79. The van der Waals surface area contributed by atoms with Gasteiger partial charge in [-0.15, -0.1) is 0 Å². The van der Waals surface area contributed by atoms with Crippen LogP contribution in [0.3, 0.4) is 0 Å². The molecule has 0 aliphatic rings. The second kappa shape index (κ2) is 17.0. The summed E-state index contributed by atoms with van der Waals surface area (Å²) in [5, 5.41) is 9.03. The van der Waals surface area contributed by atoms with Gasteiger partial charge in [-0.05, 0) is 37.0 Å². The van der Waals surface area contributed by atoms with E-state index in [-0.39, 0.29) is 21.0 Å². The van der Waals surface area contributed by atoms with Crippen molar-refractivity contribution >= 4 is 0 Å². The molecule has 1 nitrogen and oxygen atoms in total. The second-order valence-corrected chi connectivity index (χ2v) is 5.83. The molecule has 0 rings (SSSR count). The van der Waals surface area contributed by atoms with E-state index in [4.69, 9.17) is 5.11 Å². The molecule has 0 aromatic carbocycles. The topological polar surface area (TPSA) is 20.2 Å². The molecular weight excluding hydrogens is 220 g/mol. The molecule has 0 fully saturated rings. The highest BCUT2D eigenvalue weighted by Crippen LogP contribution is 2.12. The first kappa shape index (κ1) is 26.5. The minimum absolute atomic E-state index is 0. The zero-order valence-electron chi connectivity index (χ0n) is 12.6. The number of hydrogen-bond donors (Lipinski definition) is 1. The number of hydrogen-bond acceptors (Lipinski definition) is 1. The van der Waals surface area contributed by atoms with E-state index in [0.29, 0.717) is 5.92 Å². The Labute approximate surface area is 118 Å². The highest BCUT2D eigenvalue weighted by atomic mass is 16.3. The molecule has 2 atom stereocenters. The Morgan fingerprint density at radius 3 is 1.22 bits per heavy atom.